The molecule has 2 aromatic heterocycles. The molecular weight excluding hydrogens is 420 g/mol. The molecule has 0 spiro atoms. The van der Waals surface area contributed by atoms with Gasteiger partial charge in [-0.1, -0.05) is 23.7 Å². The van der Waals surface area contributed by atoms with Crippen molar-refractivity contribution in [1.29, 1.82) is 0 Å². The van der Waals surface area contributed by atoms with Crippen molar-refractivity contribution in [2.75, 3.05) is 45.2 Å². The molecule has 1 fully saturated rings. The maximum Gasteiger partial charge on any atom is 0.126 e. The van der Waals surface area contributed by atoms with Crippen LogP contribution in [-0.2, 0) is 0 Å². The second kappa shape index (κ2) is 8.49. The normalized spacial score (nSPS) is 14.8. The number of halogens is 1. The molecule has 0 radical (unpaired) electrons. The first kappa shape index (κ1) is 20.9. The van der Waals surface area contributed by atoms with Crippen LogP contribution < -0.4 is 9.64 Å². The number of methoxy groups -OCH3 is 1. The van der Waals surface area contributed by atoms with E-state index in [0.717, 1.165) is 64.7 Å². The van der Waals surface area contributed by atoms with Crippen molar-refractivity contribution in [3.05, 3.63) is 71.5 Å². The molecule has 0 amide bonds. The van der Waals surface area contributed by atoms with Crippen molar-refractivity contribution in [2.45, 2.75) is 6.92 Å². The van der Waals surface area contributed by atoms with Crippen molar-refractivity contribution in [1.82, 2.24) is 14.5 Å². The Kier molecular flexibility index (Phi) is 5.53. The number of aryl methyl sites for hydroxylation is 1. The Morgan fingerprint density at radius 1 is 0.938 bits per heavy atom. The van der Waals surface area contributed by atoms with Gasteiger partial charge in [0.05, 0.1) is 18.8 Å². The van der Waals surface area contributed by atoms with Crippen molar-refractivity contribution < 1.29 is 4.74 Å². The maximum absolute atomic E-state index is 6.23. The first-order chi connectivity index (χ1) is 15.5. The quantitative estimate of drug-likeness (QED) is 0.420. The standard InChI is InChI=1S/C26H27ClN4O/c1-18-13-25-23(16-28-31(25)17-24(18)19-5-4-6-20(27)14-19)22-15-21(7-8-26(22)32-3)30-11-9-29(2)10-12-30/h4-8,13-17H,9-12H2,1-3H3. The van der Waals surface area contributed by atoms with Crippen LogP contribution in [0.3, 0.4) is 0 Å². The molecule has 0 unspecified atom stereocenters. The van der Waals surface area contributed by atoms with E-state index in [1.165, 1.54) is 11.3 Å². The summed E-state index contributed by atoms with van der Waals surface area (Å²) in [7, 11) is 3.90. The fourth-order valence-corrected chi connectivity index (χ4v) is 4.65. The highest BCUT2D eigenvalue weighted by molar-refractivity contribution is 6.30. The number of piperazine rings is 1. The second-order valence-electron chi connectivity index (χ2n) is 8.44. The zero-order valence-electron chi connectivity index (χ0n) is 18.7. The lowest BCUT2D eigenvalue weighted by Crippen LogP contribution is -2.44. The van der Waals surface area contributed by atoms with E-state index in [4.69, 9.17) is 16.3 Å². The Morgan fingerprint density at radius 2 is 1.75 bits per heavy atom. The van der Waals surface area contributed by atoms with Crippen LogP contribution in [0.1, 0.15) is 5.56 Å². The molecule has 1 aliphatic heterocycles. The smallest absolute Gasteiger partial charge is 0.126 e. The van der Waals surface area contributed by atoms with E-state index in [9.17, 15) is 0 Å². The van der Waals surface area contributed by atoms with Crippen molar-refractivity contribution in [3.63, 3.8) is 0 Å². The Labute approximate surface area is 193 Å². The van der Waals surface area contributed by atoms with Crippen LogP contribution in [0.5, 0.6) is 5.75 Å². The van der Waals surface area contributed by atoms with E-state index < -0.39 is 0 Å². The van der Waals surface area contributed by atoms with Crippen LogP contribution >= 0.6 is 11.6 Å². The van der Waals surface area contributed by atoms with Gasteiger partial charge in [-0.2, -0.15) is 5.10 Å². The lowest BCUT2D eigenvalue weighted by Gasteiger charge is -2.34. The lowest BCUT2D eigenvalue weighted by molar-refractivity contribution is 0.313. The molecule has 1 saturated heterocycles. The molecule has 0 bridgehead atoms. The molecule has 4 aromatic rings. The molecule has 1 aliphatic rings. The van der Waals surface area contributed by atoms with Crippen molar-refractivity contribution in [3.8, 4) is 28.0 Å². The number of benzene rings is 2. The summed E-state index contributed by atoms with van der Waals surface area (Å²) in [5.41, 5.74) is 7.79. The highest BCUT2D eigenvalue weighted by atomic mass is 35.5. The average molecular weight is 447 g/mol. The topological polar surface area (TPSA) is 33.0 Å². The molecule has 5 nitrogen and oxygen atoms in total. The summed E-state index contributed by atoms with van der Waals surface area (Å²) in [6.07, 6.45) is 4.01. The van der Waals surface area contributed by atoms with E-state index >= 15 is 0 Å². The molecular formula is C26H27ClN4O. The molecule has 0 N–H and O–H groups in total. The Bertz CT molecular complexity index is 1270. The summed E-state index contributed by atoms with van der Waals surface area (Å²) in [5.74, 6) is 0.856. The van der Waals surface area contributed by atoms with Gasteiger partial charge in [-0.25, -0.2) is 4.52 Å². The van der Waals surface area contributed by atoms with E-state index in [1.807, 2.05) is 28.9 Å². The van der Waals surface area contributed by atoms with E-state index in [0.29, 0.717) is 0 Å². The average Bonchev–Trinajstić information content (AvgIpc) is 3.21. The van der Waals surface area contributed by atoms with Gasteiger partial charge < -0.3 is 14.5 Å². The van der Waals surface area contributed by atoms with Crippen LogP contribution in [0.2, 0.25) is 5.02 Å². The number of anilines is 1. The number of likely N-dealkylation sites (N-methyl/N-ethyl adjacent to an activating group) is 1. The Hall–Kier alpha value is -3.02. The lowest BCUT2D eigenvalue weighted by atomic mass is 10.00. The SMILES string of the molecule is COc1ccc(N2CCN(C)CC2)cc1-c1cnn2cc(-c3cccc(Cl)c3)c(C)cc12. The number of hydrogen-bond donors (Lipinski definition) is 0. The number of aromatic nitrogens is 2. The van der Waals surface area contributed by atoms with Crippen LogP contribution in [0.25, 0.3) is 27.8 Å². The summed E-state index contributed by atoms with van der Waals surface area (Å²) in [6.45, 7) is 6.33. The number of fused-ring (bicyclic) bond motifs is 1. The zero-order valence-corrected chi connectivity index (χ0v) is 19.4. The van der Waals surface area contributed by atoms with Gasteiger partial charge in [0.15, 0.2) is 0 Å². The minimum absolute atomic E-state index is 0.730. The van der Waals surface area contributed by atoms with E-state index in [2.05, 4.69) is 65.4 Å². The first-order valence-electron chi connectivity index (χ1n) is 10.9. The summed E-state index contributed by atoms with van der Waals surface area (Å²) in [5, 5.41) is 5.41. The van der Waals surface area contributed by atoms with E-state index in [1.54, 1.807) is 7.11 Å². The predicted molar refractivity (Wildman–Crippen MR) is 132 cm³/mol. The highest BCUT2D eigenvalue weighted by Crippen LogP contribution is 2.37. The Balaban J connectivity index is 1.58. The molecule has 0 atom stereocenters. The van der Waals surface area contributed by atoms with Crippen LogP contribution in [0.15, 0.2) is 60.9 Å². The fourth-order valence-electron chi connectivity index (χ4n) is 4.46. The molecule has 5 rings (SSSR count). The monoisotopic (exact) mass is 446 g/mol. The van der Waals surface area contributed by atoms with Crippen LogP contribution in [0, 0.1) is 6.92 Å². The molecule has 6 heteroatoms. The maximum atomic E-state index is 6.23. The highest BCUT2D eigenvalue weighted by Gasteiger charge is 2.19. The molecule has 2 aromatic carbocycles. The van der Waals surface area contributed by atoms with Crippen LogP contribution in [0.4, 0.5) is 5.69 Å². The van der Waals surface area contributed by atoms with Crippen molar-refractivity contribution in [2.24, 2.45) is 0 Å². The van der Waals surface area contributed by atoms with Crippen molar-refractivity contribution >= 4 is 22.8 Å². The largest absolute Gasteiger partial charge is 0.496 e. The number of pyridine rings is 1. The third-order valence-electron chi connectivity index (χ3n) is 6.34. The van der Waals surface area contributed by atoms with Gasteiger partial charge in [0, 0.05) is 59.8 Å². The van der Waals surface area contributed by atoms with Gasteiger partial charge in [-0.05, 0) is 61.5 Å². The number of rotatable bonds is 4. The zero-order chi connectivity index (χ0) is 22.2. The minimum Gasteiger partial charge on any atom is -0.496 e. The molecule has 3 heterocycles. The van der Waals surface area contributed by atoms with Crippen LogP contribution in [-0.4, -0.2) is 54.9 Å². The van der Waals surface area contributed by atoms with E-state index in [-0.39, 0.29) is 0 Å². The first-order valence-corrected chi connectivity index (χ1v) is 11.3. The molecule has 164 valence electrons. The molecule has 0 aliphatic carbocycles. The summed E-state index contributed by atoms with van der Waals surface area (Å²) < 4.78 is 7.68. The number of hydrogen-bond acceptors (Lipinski definition) is 4. The van der Waals surface area contributed by atoms with Gasteiger partial charge in [-0.15, -0.1) is 0 Å². The van der Waals surface area contributed by atoms with Gasteiger partial charge in [0.1, 0.15) is 5.75 Å². The third kappa shape index (κ3) is 3.83. The summed E-state index contributed by atoms with van der Waals surface area (Å²) in [6, 6.07) is 16.6. The number of nitrogens with zero attached hydrogens (tertiary/aromatic N) is 4. The van der Waals surface area contributed by atoms with Gasteiger partial charge >= 0.3 is 0 Å². The fraction of sp³-hybridized carbons (Fsp3) is 0.269. The minimum atomic E-state index is 0.730. The van der Waals surface area contributed by atoms with Gasteiger partial charge in [0.25, 0.3) is 0 Å². The summed E-state index contributed by atoms with van der Waals surface area (Å²) >= 11 is 6.23. The summed E-state index contributed by atoms with van der Waals surface area (Å²) in [4.78, 5) is 4.81. The number of ether oxygens (including phenoxy) is 1. The second-order valence-corrected chi connectivity index (χ2v) is 8.88. The molecule has 0 saturated carbocycles. The third-order valence-corrected chi connectivity index (χ3v) is 6.58. The van der Waals surface area contributed by atoms with Gasteiger partial charge in [-0.3, -0.25) is 0 Å². The predicted octanol–water partition coefficient (Wildman–Crippen LogP) is 5.39. The molecule has 32 heavy (non-hydrogen) atoms. The Morgan fingerprint density at radius 3 is 2.50 bits per heavy atom. The van der Waals surface area contributed by atoms with Gasteiger partial charge in [0.2, 0.25) is 0 Å².